The largest absolute Gasteiger partial charge is 0.486 e. The zero-order valence-corrected chi connectivity index (χ0v) is 13.2. The van der Waals surface area contributed by atoms with E-state index in [0.29, 0.717) is 44.0 Å². The van der Waals surface area contributed by atoms with Gasteiger partial charge in [0.15, 0.2) is 11.5 Å². The van der Waals surface area contributed by atoms with Gasteiger partial charge < -0.3 is 20.1 Å². The summed E-state index contributed by atoms with van der Waals surface area (Å²) in [5.74, 6) is 1.16. The molecule has 0 radical (unpaired) electrons. The van der Waals surface area contributed by atoms with Crippen LogP contribution in [0.3, 0.4) is 0 Å². The highest BCUT2D eigenvalue weighted by Crippen LogP contribution is 2.30. The fourth-order valence-corrected chi connectivity index (χ4v) is 2.45. The molecule has 24 heavy (non-hydrogen) atoms. The van der Waals surface area contributed by atoms with Gasteiger partial charge in [-0.3, -0.25) is 0 Å². The molecule has 5 nitrogen and oxygen atoms in total. The number of fused-ring (bicyclic) bond motifs is 1. The minimum atomic E-state index is -0.291. The van der Waals surface area contributed by atoms with Crippen molar-refractivity contribution in [1.82, 2.24) is 10.6 Å². The molecule has 0 fully saturated rings. The Labute approximate surface area is 139 Å². The molecule has 1 aliphatic heterocycles. The van der Waals surface area contributed by atoms with Crippen molar-refractivity contribution in [3.05, 3.63) is 59.4 Å². The molecule has 0 unspecified atom stereocenters. The lowest BCUT2D eigenvalue weighted by Crippen LogP contribution is -2.36. The summed E-state index contributed by atoms with van der Waals surface area (Å²) >= 11 is 0. The predicted octanol–water partition coefficient (Wildman–Crippen LogP) is 2.64. The molecular formula is C18H19FN2O3. The summed E-state index contributed by atoms with van der Waals surface area (Å²) < 4.78 is 24.4. The van der Waals surface area contributed by atoms with Crippen LogP contribution in [0.2, 0.25) is 0 Å². The molecule has 2 aromatic carbocycles. The Morgan fingerprint density at radius 1 is 1.04 bits per heavy atom. The first kappa shape index (κ1) is 16.1. The highest BCUT2D eigenvalue weighted by Gasteiger charge is 2.12. The van der Waals surface area contributed by atoms with E-state index in [9.17, 15) is 9.18 Å². The molecule has 0 spiro atoms. The van der Waals surface area contributed by atoms with Crippen LogP contribution in [0, 0.1) is 5.82 Å². The van der Waals surface area contributed by atoms with Crippen LogP contribution in [0.5, 0.6) is 11.5 Å². The van der Waals surface area contributed by atoms with E-state index < -0.39 is 0 Å². The summed E-state index contributed by atoms with van der Waals surface area (Å²) in [6.07, 6.45) is 0.449. The van der Waals surface area contributed by atoms with E-state index in [2.05, 4.69) is 10.6 Å². The van der Waals surface area contributed by atoms with E-state index in [4.69, 9.17) is 9.47 Å². The number of urea groups is 1. The zero-order chi connectivity index (χ0) is 16.8. The van der Waals surface area contributed by atoms with E-state index in [-0.39, 0.29) is 11.8 Å². The normalized spacial score (nSPS) is 12.5. The molecule has 1 aliphatic rings. The number of carbonyl (C=O) groups excluding carboxylic acids is 1. The lowest BCUT2D eigenvalue weighted by Gasteiger charge is -2.19. The second-order valence-electron chi connectivity index (χ2n) is 5.43. The molecule has 1 heterocycles. The maximum atomic E-state index is 13.5. The van der Waals surface area contributed by atoms with Crippen LogP contribution >= 0.6 is 0 Å². The van der Waals surface area contributed by atoms with Gasteiger partial charge in [-0.2, -0.15) is 0 Å². The van der Waals surface area contributed by atoms with Crippen LogP contribution < -0.4 is 20.1 Å². The Balaban J connectivity index is 1.43. The quantitative estimate of drug-likeness (QED) is 0.886. The summed E-state index contributed by atoms with van der Waals surface area (Å²) in [6.45, 7) is 1.82. The van der Waals surface area contributed by atoms with E-state index >= 15 is 0 Å². The summed E-state index contributed by atoms with van der Waals surface area (Å²) in [7, 11) is 0. The molecular weight excluding hydrogens is 311 g/mol. The van der Waals surface area contributed by atoms with E-state index in [0.717, 1.165) is 11.3 Å². The van der Waals surface area contributed by atoms with Crippen molar-refractivity contribution in [2.45, 2.75) is 13.0 Å². The van der Waals surface area contributed by atoms with E-state index in [1.165, 1.54) is 6.07 Å². The second kappa shape index (κ2) is 7.68. The number of nitrogens with one attached hydrogen (secondary N) is 2. The number of rotatable bonds is 5. The Morgan fingerprint density at radius 2 is 1.83 bits per heavy atom. The number of amides is 2. The number of benzene rings is 2. The molecule has 0 atom stereocenters. The first-order valence-electron chi connectivity index (χ1n) is 7.86. The van der Waals surface area contributed by atoms with Crippen molar-refractivity contribution >= 4 is 6.03 Å². The smallest absolute Gasteiger partial charge is 0.315 e. The molecule has 2 amide bonds. The maximum Gasteiger partial charge on any atom is 0.315 e. The van der Waals surface area contributed by atoms with Crippen LogP contribution in [0.1, 0.15) is 11.1 Å². The number of halogens is 1. The maximum absolute atomic E-state index is 13.5. The Bertz CT molecular complexity index is 721. The van der Waals surface area contributed by atoms with Crippen LogP contribution in [-0.4, -0.2) is 25.8 Å². The fraction of sp³-hybridized carbons (Fsp3) is 0.278. The topological polar surface area (TPSA) is 59.6 Å². The lowest BCUT2D eigenvalue weighted by molar-refractivity contribution is 0.171. The Kier molecular flexibility index (Phi) is 5.15. The minimum Gasteiger partial charge on any atom is -0.486 e. The molecule has 2 aromatic rings. The number of hydrogen-bond acceptors (Lipinski definition) is 3. The first-order chi connectivity index (χ1) is 11.7. The highest BCUT2D eigenvalue weighted by molar-refractivity contribution is 5.73. The Morgan fingerprint density at radius 3 is 2.67 bits per heavy atom. The Hall–Kier alpha value is -2.76. The molecule has 6 heteroatoms. The van der Waals surface area contributed by atoms with E-state index in [1.54, 1.807) is 18.2 Å². The number of carbonyl (C=O) groups is 1. The second-order valence-corrected chi connectivity index (χ2v) is 5.43. The van der Waals surface area contributed by atoms with Gasteiger partial charge in [0.2, 0.25) is 0 Å². The summed E-state index contributed by atoms with van der Waals surface area (Å²) in [4.78, 5) is 11.8. The van der Waals surface area contributed by atoms with Gasteiger partial charge in [0.1, 0.15) is 19.0 Å². The number of ether oxygens (including phenoxy) is 2. The van der Waals surface area contributed by atoms with Gasteiger partial charge in [0, 0.05) is 13.1 Å². The van der Waals surface area contributed by atoms with Crippen LogP contribution in [0.25, 0.3) is 0 Å². The SMILES string of the molecule is O=C(NCCc1ccccc1F)NCc1ccc2c(c1)OCCO2. The predicted molar refractivity (Wildman–Crippen MR) is 87.8 cm³/mol. The van der Waals surface area contributed by atoms with Crippen LogP contribution in [0.15, 0.2) is 42.5 Å². The van der Waals surface area contributed by atoms with Crippen LogP contribution in [0.4, 0.5) is 9.18 Å². The fourth-order valence-electron chi connectivity index (χ4n) is 2.45. The van der Waals surface area contributed by atoms with Gasteiger partial charge in [-0.15, -0.1) is 0 Å². The first-order valence-corrected chi connectivity index (χ1v) is 7.86. The molecule has 0 saturated carbocycles. The van der Waals surface area contributed by atoms with Gasteiger partial charge in [-0.25, -0.2) is 9.18 Å². The third-order valence-electron chi connectivity index (χ3n) is 3.70. The third kappa shape index (κ3) is 4.16. The van der Waals surface area contributed by atoms with Crippen molar-refractivity contribution in [1.29, 1.82) is 0 Å². The van der Waals surface area contributed by atoms with E-state index in [1.807, 2.05) is 18.2 Å². The number of hydrogen-bond donors (Lipinski definition) is 2. The molecule has 0 saturated heterocycles. The summed E-state index contributed by atoms with van der Waals surface area (Å²) in [5.41, 5.74) is 1.51. The van der Waals surface area contributed by atoms with Gasteiger partial charge >= 0.3 is 6.03 Å². The van der Waals surface area contributed by atoms with Crippen LogP contribution in [-0.2, 0) is 13.0 Å². The molecule has 0 aromatic heterocycles. The lowest BCUT2D eigenvalue weighted by atomic mass is 10.1. The average molecular weight is 330 g/mol. The minimum absolute atomic E-state index is 0.254. The molecule has 0 aliphatic carbocycles. The van der Waals surface area contributed by atoms with Gasteiger partial charge in [-0.1, -0.05) is 24.3 Å². The summed E-state index contributed by atoms with van der Waals surface area (Å²) in [6, 6.07) is 11.8. The summed E-state index contributed by atoms with van der Waals surface area (Å²) in [5, 5.41) is 5.48. The van der Waals surface area contributed by atoms with Crippen molar-refractivity contribution in [3.8, 4) is 11.5 Å². The third-order valence-corrected chi connectivity index (χ3v) is 3.70. The molecule has 2 N–H and O–H groups in total. The molecule has 126 valence electrons. The van der Waals surface area contributed by atoms with Crippen molar-refractivity contribution in [3.63, 3.8) is 0 Å². The molecule has 0 bridgehead atoms. The average Bonchev–Trinajstić information content (AvgIpc) is 2.61. The van der Waals surface area contributed by atoms with Crippen molar-refractivity contribution in [2.75, 3.05) is 19.8 Å². The van der Waals surface area contributed by atoms with Gasteiger partial charge in [-0.05, 0) is 35.7 Å². The highest BCUT2D eigenvalue weighted by atomic mass is 19.1. The van der Waals surface area contributed by atoms with Gasteiger partial charge in [0.05, 0.1) is 0 Å². The monoisotopic (exact) mass is 330 g/mol. The van der Waals surface area contributed by atoms with Crippen molar-refractivity contribution in [2.24, 2.45) is 0 Å². The standard InChI is InChI=1S/C18H19FN2O3/c19-15-4-2-1-3-14(15)7-8-20-18(22)21-12-13-5-6-16-17(11-13)24-10-9-23-16/h1-6,11H,7-10,12H2,(H2,20,21,22). The zero-order valence-electron chi connectivity index (χ0n) is 13.2. The van der Waals surface area contributed by atoms with Gasteiger partial charge in [0.25, 0.3) is 0 Å². The van der Waals surface area contributed by atoms with Crippen molar-refractivity contribution < 1.29 is 18.7 Å². The molecule has 3 rings (SSSR count).